The average molecular weight is 353 g/mol. The van der Waals surface area contributed by atoms with E-state index in [-0.39, 0.29) is 11.8 Å². The first-order valence-electron chi connectivity index (χ1n) is 8.69. The summed E-state index contributed by atoms with van der Waals surface area (Å²) in [6, 6.07) is 9.27. The fraction of sp³-hybridized carbons (Fsp3) is 0.350. The van der Waals surface area contributed by atoms with Crippen LogP contribution in [0.3, 0.4) is 0 Å². The van der Waals surface area contributed by atoms with Gasteiger partial charge in [0.05, 0.1) is 13.5 Å². The largest absolute Gasteiger partial charge is 0.496 e. The van der Waals surface area contributed by atoms with E-state index in [1.54, 1.807) is 36.5 Å². The lowest BCUT2D eigenvalue weighted by atomic mass is 10.1. The van der Waals surface area contributed by atoms with Gasteiger partial charge in [-0.25, -0.2) is 0 Å². The van der Waals surface area contributed by atoms with Crippen molar-refractivity contribution in [3.05, 3.63) is 59.4 Å². The summed E-state index contributed by atoms with van der Waals surface area (Å²) in [6.07, 6.45) is 3.54. The molecule has 136 valence electrons. The molecule has 0 saturated carbocycles. The Bertz CT molecular complexity index is 784. The number of pyridine rings is 1. The standard InChI is InChI=1S/C20H23N3O3/c1-15-3-4-18(26-2)17(13-15)14-19(24)22-9-11-23(12-10-22)20(25)16-5-7-21-8-6-16/h3-8,13H,9-12,14H2,1-2H3. The van der Waals surface area contributed by atoms with Gasteiger partial charge in [0.1, 0.15) is 5.75 Å². The first kappa shape index (κ1) is 17.9. The van der Waals surface area contributed by atoms with E-state index in [9.17, 15) is 9.59 Å². The van der Waals surface area contributed by atoms with Crippen molar-refractivity contribution in [3.8, 4) is 5.75 Å². The Hall–Kier alpha value is -2.89. The number of methoxy groups -OCH3 is 1. The summed E-state index contributed by atoms with van der Waals surface area (Å²) in [5, 5.41) is 0. The monoisotopic (exact) mass is 353 g/mol. The van der Waals surface area contributed by atoms with E-state index >= 15 is 0 Å². The van der Waals surface area contributed by atoms with Crippen LogP contribution in [-0.4, -0.2) is 59.9 Å². The third-order valence-corrected chi connectivity index (χ3v) is 4.62. The molecule has 1 aliphatic rings. The van der Waals surface area contributed by atoms with Crippen LogP contribution in [0.25, 0.3) is 0 Å². The molecule has 0 unspecified atom stereocenters. The molecule has 2 heterocycles. The van der Waals surface area contributed by atoms with Gasteiger partial charge < -0.3 is 14.5 Å². The Morgan fingerprint density at radius 1 is 1.04 bits per heavy atom. The van der Waals surface area contributed by atoms with Crippen molar-refractivity contribution in [1.29, 1.82) is 0 Å². The van der Waals surface area contributed by atoms with Gasteiger partial charge in [0.2, 0.25) is 5.91 Å². The summed E-state index contributed by atoms with van der Waals surface area (Å²) in [4.78, 5) is 32.7. The van der Waals surface area contributed by atoms with E-state index < -0.39 is 0 Å². The van der Waals surface area contributed by atoms with Gasteiger partial charge in [-0.1, -0.05) is 17.7 Å². The minimum absolute atomic E-state index is 0.0140. The van der Waals surface area contributed by atoms with Gasteiger partial charge >= 0.3 is 0 Å². The molecule has 1 fully saturated rings. The normalized spacial score (nSPS) is 14.2. The minimum Gasteiger partial charge on any atom is -0.496 e. The molecule has 1 aliphatic heterocycles. The summed E-state index contributed by atoms with van der Waals surface area (Å²) in [7, 11) is 1.61. The second-order valence-electron chi connectivity index (χ2n) is 6.40. The Labute approximate surface area is 153 Å². The van der Waals surface area contributed by atoms with Crippen LogP contribution in [0, 0.1) is 6.92 Å². The Balaban J connectivity index is 1.59. The van der Waals surface area contributed by atoms with Crippen LogP contribution in [0.5, 0.6) is 5.75 Å². The molecule has 6 heteroatoms. The Morgan fingerprint density at radius 3 is 2.35 bits per heavy atom. The Morgan fingerprint density at radius 2 is 1.69 bits per heavy atom. The third-order valence-electron chi connectivity index (χ3n) is 4.62. The summed E-state index contributed by atoms with van der Waals surface area (Å²) >= 11 is 0. The van der Waals surface area contributed by atoms with Crippen molar-refractivity contribution in [2.75, 3.05) is 33.3 Å². The lowest BCUT2D eigenvalue weighted by Crippen LogP contribution is -2.51. The zero-order chi connectivity index (χ0) is 18.5. The quantitative estimate of drug-likeness (QED) is 0.843. The van der Waals surface area contributed by atoms with Gasteiger partial charge in [0.25, 0.3) is 5.91 Å². The number of carbonyl (C=O) groups excluding carboxylic acids is 2. The fourth-order valence-corrected chi connectivity index (χ4v) is 3.16. The van der Waals surface area contributed by atoms with Gasteiger partial charge in [-0.15, -0.1) is 0 Å². The van der Waals surface area contributed by atoms with Gasteiger partial charge in [0.15, 0.2) is 0 Å². The summed E-state index contributed by atoms with van der Waals surface area (Å²) in [5.74, 6) is 0.778. The van der Waals surface area contributed by atoms with E-state index in [0.717, 1.165) is 16.9 Å². The van der Waals surface area contributed by atoms with Crippen LogP contribution >= 0.6 is 0 Å². The maximum Gasteiger partial charge on any atom is 0.254 e. The van der Waals surface area contributed by atoms with Gasteiger partial charge in [-0.05, 0) is 25.1 Å². The second-order valence-corrected chi connectivity index (χ2v) is 6.40. The van der Waals surface area contributed by atoms with E-state index in [1.807, 2.05) is 30.0 Å². The zero-order valence-corrected chi connectivity index (χ0v) is 15.1. The molecule has 6 nitrogen and oxygen atoms in total. The van der Waals surface area contributed by atoms with Gasteiger partial charge in [-0.2, -0.15) is 0 Å². The summed E-state index contributed by atoms with van der Waals surface area (Å²) in [6.45, 7) is 4.17. The highest BCUT2D eigenvalue weighted by Gasteiger charge is 2.25. The smallest absolute Gasteiger partial charge is 0.254 e. The van der Waals surface area contributed by atoms with Crippen LogP contribution < -0.4 is 4.74 Å². The van der Waals surface area contributed by atoms with Gasteiger partial charge in [-0.3, -0.25) is 14.6 Å². The molecule has 0 N–H and O–H groups in total. The zero-order valence-electron chi connectivity index (χ0n) is 15.1. The maximum atomic E-state index is 12.7. The molecule has 26 heavy (non-hydrogen) atoms. The number of hydrogen-bond donors (Lipinski definition) is 0. The highest BCUT2D eigenvalue weighted by Crippen LogP contribution is 2.21. The number of aromatic nitrogens is 1. The third kappa shape index (κ3) is 4.02. The topological polar surface area (TPSA) is 62.7 Å². The number of carbonyl (C=O) groups is 2. The van der Waals surface area contributed by atoms with Crippen molar-refractivity contribution in [3.63, 3.8) is 0 Å². The van der Waals surface area contributed by atoms with E-state index in [4.69, 9.17) is 4.74 Å². The van der Waals surface area contributed by atoms with E-state index in [1.165, 1.54) is 0 Å². The number of amides is 2. The number of piperazine rings is 1. The van der Waals surface area contributed by atoms with Crippen LogP contribution in [0.1, 0.15) is 21.5 Å². The maximum absolute atomic E-state index is 12.7. The molecule has 1 aromatic heterocycles. The molecule has 0 bridgehead atoms. The average Bonchev–Trinajstić information content (AvgIpc) is 2.68. The van der Waals surface area contributed by atoms with Crippen LogP contribution in [0.15, 0.2) is 42.7 Å². The van der Waals surface area contributed by atoms with Crippen LogP contribution in [0.2, 0.25) is 0 Å². The van der Waals surface area contributed by atoms with Gasteiger partial charge in [0, 0.05) is 49.7 Å². The molecular formula is C20H23N3O3. The van der Waals surface area contributed by atoms with Crippen molar-refractivity contribution in [2.45, 2.75) is 13.3 Å². The van der Waals surface area contributed by atoms with Crippen LogP contribution in [-0.2, 0) is 11.2 Å². The molecule has 1 saturated heterocycles. The molecule has 0 spiro atoms. The molecule has 1 aromatic carbocycles. The number of nitrogens with zero attached hydrogens (tertiary/aromatic N) is 3. The number of rotatable bonds is 4. The fourth-order valence-electron chi connectivity index (χ4n) is 3.16. The number of hydrogen-bond acceptors (Lipinski definition) is 4. The van der Waals surface area contributed by atoms with E-state index in [0.29, 0.717) is 38.2 Å². The highest BCUT2D eigenvalue weighted by atomic mass is 16.5. The predicted molar refractivity (Wildman–Crippen MR) is 98.2 cm³/mol. The highest BCUT2D eigenvalue weighted by molar-refractivity contribution is 5.94. The lowest BCUT2D eigenvalue weighted by Gasteiger charge is -2.35. The SMILES string of the molecule is COc1ccc(C)cc1CC(=O)N1CCN(C(=O)c2ccncc2)CC1. The molecule has 0 atom stereocenters. The number of aryl methyl sites for hydroxylation is 1. The minimum atomic E-state index is -0.0140. The first-order chi connectivity index (χ1) is 12.6. The second kappa shape index (κ2) is 7.99. The van der Waals surface area contributed by atoms with Crippen molar-refractivity contribution in [1.82, 2.24) is 14.8 Å². The van der Waals surface area contributed by atoms with E-state index in [2.05, 4.69) is 4.98 Å². The molecule has 3 rings (SSSR count). The van der Waals surface area contributed by atoms with Crippen molar-refractivity contribution in [2.24, 2.45) is 0 Å². The molecule has 2 amide bonds. The Kier molecular flexibility index (Phi) is 5.51. The van der Waals surface area contributed by atoms with Crippen molar-refractivity contribution < 1.29 is 14.3 Å². The van der Waals surface area contributed by atoms with Crippen molar-refractivity contribution >= 4 is 11.8 Å². The lowest BCUT2D eigenvalue weighted by molar-refractivity contribution is -0.131. The molecule has 0 radical (unpaired) electrons. The molecule has 0 aliphatic carbocycles. The summed E-state index contributed by atoms with van der Waals surface area (Å²) in [5.41, 5.74) is 2.62. The van der Waals surface area contributed by atoms with Crippen LogP contribution in [0.4, 0.5) is 0 Å². The number of ether oxygens (including phenoxy) is 1. The molecule has 2 aromatic rings. The summed E-state index contributed by atoms with van der Waals surface area (Å²) < 4.78 is 5.36. The first-order valence-corrected chi connectivity index (χ1v) is 8.69. The predicted octanol–water partition coefficient (Wildman–Crippen LogP) is 1.93. The number of benzene rings is 1. The molecular weight excluding hydrogens is 330 g/mol.